The third kappa shape index (κ3) is 2.44. The maximum atomic E-state index is 11.9. The monoisotopic (exact) mass is 207 g/mol. The van der Waals surface area contributed by atoms with Gasteiger partial charge in [-0.15, -0.1) is 0 Å². The molecule has 2 amide bonds. The number of allylic oxidation sites excluding steroid dienone is 3. The van der Waals surface area contributed by atoms with E-state index in [2.05, 4.69) is 5.10 Å². The third-order valence-electron chi connectivity index (χ3n) is 2.20. The number of carbonyl (C=O) groups excluding carboxylic acids is 1. The van der Waals surface area contributed by atoms with Crippen LogP contribution in [0.15, 0.2) is 29.5 Å². The number of hydrazone groups is 1. The summed E-state index contributed by atoms with van der Waals surface area (Å²) in [5.41, 5.74) is 0. The topological polar surface area (TPSA) is 45.1 Å². The van der Waals surface area contributed by atoms with Gasteiger partial charge in [-0.2, -0.15) is 10.1 Å². The van der Waals surface area contributed by atoms with Gasteiger partial charge >= 0.3 is 6.03 Å². The molecule has 0 atom stereocenters. The quantitative estimate of drug-likeness (QED) is 0.590. The second-order valence-electron chi connectivity index (χ2n) is 3.22. The minimum absolute atomic E-state index is 0.102. The van der Waals surface area contributed by atoms with Crippen LogP contribution >= 0.6 is 0 Å². The van der Waals surface area contributed by atoms with Crippen molar-refractivity contribution in [3.63, 3.8) is 0 Å². The number of hydrogen-bond donors (Lipinski definition) is 0. The minimum atomic E-state index is -0.102. The van der Waals surface area contributed by atoms with Crippen LogP contribution in [-0.2, 0) is 4.74 Å². The summed E-state index contributed by atoms with van der Waals surface area (Å²) in [4.78, 5) is 13.6. The Morgan fingerprint density at radius 3 is 2.80 bits per heavy atom. The third-order valence-corrected chi connectivity index (χ3v) is 2.20. The second-order valence-corrected chi connectivity index (χ2v) is 3.22. The highest BCUT2D eigenvalue weighted by Gasteiger charge is 2.20. The minimum Gasteiger partial charge on any atom is -0.378 e. The van der Waals surface area contributed by atoms with Gasteiger partial charge in [-0.05, 0) is 12.2 Å². The Bertz CT molecular complexity index is 301. The molecule has 2 rings (SSSR count). The van der Waals surface area contributed by atoms with Crippen molar-refractivity contribution in [3.05, 3.63) is 24.4 Å². The highest BCUT2D eigenvalue weighted by Crippen LogP contribution is 2.05. The Balaban J connectivity index is 2.00. The fourth-order valence-electron chi connectivity index (χ4n) is 1.41. The number of morpholine rings is 1. The lowest BCUT2D eigenvalue weighted by atomic mass is 10.4. The molecule has 0 spiro atoms. The van der Waals surface area contributed by atoms with Crippen molar-refractivity contribution in [1.82, 2.24) is 9.91 Å². The lowest BCUT2D eigenvalue weighted by Gasteiger charge is -2.28. The van der Waals surface area contributed by atoms with Gasteiger partial charge in [0.15, 0.2) is 0 Å². The molecule has 0 saturated carbocycles. The van der Waals surface area contributed by atoms with E-state index >= 15 is 0 Å². The predicted molar refractivity (Wildman–Crippen MR) is 56.4 cm³/mol. The highest BCUT2D eigenvalue weighted by molar-refractivity contribution is 5.79. The Kier molecular flexibility index (Phi) is 3.14. The van der Waals surface area contributed by atoms with Gasteiger partial charge in [0.1, 0.15) is 0 Å². The lowest BCUT2D eigenvalue weighted by molar-refractivity contribution is 0.0469. The summed E-state index contributed by atoms with van der Waals surface area (Å²) >= 11 is 0. The van der Waals surface area contributed by atoms with Gasteiger partial charge in [-0.1, -0.05) is 6.08 Å². The first-order chi connectivity index (χ1) is 7.38. The lowest BCUT2D eigenvalue weighted by Crippen LogP contribution is -2.45. The van der Waals surface area contributed by atoms with Gasteiger partial charge in [0.2, 0.25) is 0 Å². The molecule has 0 unspecified atom stereocenters. The molecule has 2 heterocycles. The zero-order chi connectivity index (χ0) is 10.5. The van der Waals surface area contributed by atoms with Crippen LogP contribution < -0.4 is 0 Å². The highest BCUT2D eigenvalue weighted by atomic mass is 16.5. The van der Waals surface area contributed by atoms with Crippen LogP contribution in [-0.4, -0.2) is 48.5 Å². The predicted octanol–water partition coefficient (Wildman–Crippen LogP) is 0.810. The largest absolute Gasteiger partial charge is 0.378 e. The number of amides is 2. The first kappa shape index (κ1) is 9.92. The number of hydrogen-bond acceptors (Lipinski definition) is 3. The molecular formula is C10H13N3O2. The number of ether oxygens (including phenoxy) is 1. The van der Waals surface area contributed by atoms with E-state index in [4.69, 9.17) is 4.74 Å². The molecule has 1 fully saturated rings. The molecule has 2 aliphatic heterocycles. The maximum Gasteiger partial charge on any atom is 0.344 e. The first-order valence-electron chi connectivity index (χ1n) is 4.91. The second kappa shape index (κ2) is 4.75. The smallest absolute Gasteiger partial charge is 0.344 e. The normalized spacial score (nSPS) is 20.5. The zero-order valence-electron chi connectivity index (χ0n) is 8.37. The molecule has 0 radical (unpaired) electrons. The molecular weight excluding hydrogens is 194 g/mol. The van der Waals surface area contributed by atoms with Gasteiger partial charge in [-0.3, -0.25) is 0 Å². The fraction of sp³-hybridized carbons (Fsp3) is 0.400. The summed E-state index contributed by atoms with van der Waals surface area (Å²) in [5, 5.41) is 5.34. The van der Waals surface area contributed by atoms with Crippen LogP contribution in [0.25, 0.3) is 0 Å². The van der Waals surface area contributed by atoms with Crippen molar-refractivity contribution in [2.45, 2.75) is 0 Å². The summed E-state index contributed by atoms with van der Waals surface area (Å²) in [5.74, 6) is 0. The fourth-order valence-corrected chi connectivity index (χ4v) is 1.41. The maximum absolute atomic E-state index is 11.9. The molecule has 5 nitrogen and oxygen atoms in total. The number of nitrogens with zero attached hydrogens (tertiary/aromatic N) is 3. The van der Waals surface area contributed by atoms with E-state index in [1.165, 1.54) is 5.01 Å². The summed E-state index contributed by atoms with van der Waals surface area (Å²) in [7, 11) is 0. The van der Waals surface area contributed by atoms with Gasteiger partial charge in [0.25, 0.3) is 0 Å². The van der Waals surface area contributed by atoms with Gasteiger partial charge in [-0.25, -0.2) is 4.79 Å². The Morgan fingerprint density at radius 2 is 2.00 bits per heavy atom. The molecule has 0 N–H and O–H groups in total. The van der Waals surface area contributed by atoms with Crippen LogP contribution in [0.4, 0.5) is 4.79 Å². The SMILES string of the molecule is O=C(N1CCOCC1)N1C=CC=CC=N1. The molecule has 80 valence electrons. The van der Waals surface area contributed by atoms with Crippen molar-refractivity contribution in [3.8, 4) is 0 Å². The molecule has 0 aromatic rings. The first-order valence-corrected chi connectivity index (χ1v) is 4.91. The average molecular weight is 207 g/mol. The zero-order valence-corrected chi connectivity index (χ0v) is 8.37. The van der Waals surface area contributed by atoms with Crippen LogP contribution in [0, 0.1) is 0 Å². The molecule has 0 aromatic heterocycles. The molecule has 2 aliphatic rings. The van der Waals surface area contributed by atoms with Gasteiger partial charge in [0.05, 0.1) is 13.2 Å². The number of urea groups is 1. The Labute approximate surface area is 88.3 Å². The van der Waals surface area contributed by atoms with Crippen molar-refractivity contribution >= 4 is 12.2 Å². The molecule has 1 saturated heterocycles. The molecule has 5 heteroatoms. The van der Waals surface area contributed by atoms with Crippen LogP contribution in [0.5, 0.6) is 0 Å². The van der Waals surface area contributed by atoms with E-state index in [9.17, 15) is 4.79 Å². The number of carbonyl (C=O) groups is 1. The molecule has 0 aromatic carbocycles. The van der Waals surface area contributed by atoms with E-state index in [1.807, 2.05) is 6.08 Å². The van der Waals surface area contributed by atoms with Gasteiger partial charge in [0, 0.05) is 25.5 Å². The Morgan fingerprint density at radius 1 is 1.20 bits per heavy atom. The summed E-state index contributed by atoms with van der Waals surface area (Å²) in [6, 6.07) is -0.102. The summed E-state index contributed by atoms with van der Waals surface area (Å²) in [6.45, 7) is 2.47. The Hall–Kier alpha value is -1.62. The molecule has 0 bridgehead atoms. The molecule has 15 heavy (non-hydrogen) atoms. The van der Waals surface area contributed by atoms with Gasteiger partial charge < -0.3 is 9.64 Å². The van der Waals surface area contributed by atoms with E-state index in [0.717, 1.165) is 0 Å². The van der Waals surface area contributed by atoms with Crippen LogP contribution in [0.3, 0.4) is 0 Å². The average Bonchev–Trinajstić information content (AvgIpc) is 2.58. The standard InChI is InChI=1S/C10H13N3O2/c14-10(12-6-8-15-9-7-12)13-5-3-1-2-4-11-13/h1-5H,6-9H2. The van der Waals surface area contributed by atoms with E-state index in [0.29, 0.717) is 26.3 Å². The van der Waals surface area contributed by atoms with Crippen molar-refractivity contribution in [2.75, 3.05) is 26.3 Å². The van der Waals surface area contributed by atoms with Crippen molar-refractivity contribution < 1.29 is 9.53 Å². The van der Waals surface area contributed by atoms with Crippen molar-refractivity contribution in [2.24, 2.45) is 5.10 Å². The van der Waals surface area contributed by atoms with E-state index < -0.39 is 0 Å². The summed E-state index contributed by atoms with van der Waals surface area (Å²) < 4.78 is 5.18. The summed E-state index contributed by atoms with van der Waals surface area (Å²) in [6.07, 6.45) is 8.64. The van der Waals surface area contributed by atoms with Crippen LogP contribution in [0.1, 0.15) is 0 Å². The number of rotatable bonds is 0. The van der Waals surface area contributed by atoms with Crippen molar-refractivity contribution in [1.29, 1.82) is 0 Å². The van der Waals surface area contributed by atoms with E-state index in [-0.39, 0.29) is 6.03 Å². The van der Waals surface area contributed by atoms with Crippen LogP contribution in [0.2, 0.25) is 0 Å². The molecule has 0 aliphatic carbocycles. The van der Waals surface area contributed by atoms with E-state index in [1.54, 1.807) is 29.5 Å².